The van der Waals surface area contributed by atoms with Crippen molar-refractivity contribution in [1.82, 2.24) is 4.90 Å². The number of hydrogen-bond acceptors (Lipinski definition) is 5. The van der Waals surface area contributed by atoms with E-state index in [1.54, 1.807) is 30.3 Å². The number of imide groups is 1. The van der Waals surface area contributed by atoms with Crippen molar-refractivity contribution < 1.29 is 19.1 Å². The fourth-order valence-electron chi connectivity index (χ4n) is 3.29. The van der Waals surface area contributed by atoms with Crippen molar-refractivity contribution >= 4 is 63.2 Å². The number of carbonyl (C=O) groups is 3. The van der Waals surface area contributed by atoms with Gasteiger partial charge in [0.25, 0.3) is 17.1 Å². The van der Waals surface area contributed by atoms with Crippen molar-refractivity contribution in [2.45, 2.75) is 13.5 Å². The molecule has 3 amide bonds. The standard InChI is InChI=1S/C26H21IN2O4S/c1-17-3-2-4-21(13-17)28-24(30)16-33-22-11-7-18(8-12-22)14-23-25(31)29(26(32)34-23)15-19-5-9-20(27)10-6-19/h2-14H,15-16H2,1H3,(H,28,30)/b23-14+. The lowest BCUT2D eigenvalue weighted by Crippen LogP contribution is -2.27. The van der Waals surface area contributed by atoms with E-state index in [0.29, 0.717) is 10.7 Å². The highest BCUT2D eigenvalue weighted by molar-refractivity contribution is 14.1. The number of ether oxygens (including phenoxy) is 1. The fourth-order valence-corrected chi connectivity index (χ4v) is 4.49. The summed E-state index contributed by atoms with van der Waals surface area (Å²) in [6, 6.07) is 22.3. The second-order valence-electron chi connectivity index (χ2n) is 7.67. The van der Waals surface area contributed by atoms with Crippen molar-refractivity contribution in [1.29, 1.82) is 0 Å². The van der Waals surface area contributed by atoms with Crippen LogP contribution in [0.4, 0.5) is 10.5 Å². The van der Waals surface area contributed by atoms with Gasteiger partial charge in [-0.1, -0.05) is 36.4 Å². The molecular formula is C26H21IN2O4S. The van der Waals surface area contributed by atoms with Crippen LogP contribution >= 0.6 is 34.4 Å². The number of hydrogen-bond donors (Lipinski definition) is 1. The maximum absolute atomic E-state index is 12.8. The normalized spacial score (nSPS) is 14.5. The quantitative estimate of drug-likeness (QED) is 0.279. The van der Waals surface area contributed by atoms with E-state index in [1.165, 1.54) is 4.90 Å². The van der Waals surface area contributed by atoms with E-state index in [1.807, 2.05) is 55.5 Å². The van der Waals surface area contributed by atoms with E-state index in [2.05, 4.69) is 27.9 Å². The van der Waals surface area contributed by atoms with Gasteiger partial charge < -0.3 is 10.1 Å². The van der Waals surface area contributed by atoms with Gasteiger partial charge >= 0.3 is 0 Å². The number of aryl methyl sites for hydroxylation is 1. The van der Waals surface area contributed by atoms with Crippen LogP contribution < -0.4 is 10.1 Å². The smallest absolute Gasteiger partial charge is 0.293 e. The lowest BCUT2D eigenvalue weighted by atomic mass is 10.2. The molecule has 1 fully saturated rings. The van der Waals surface area contributed by atoms with Gasteiger partial charge in [0.2, 0.25) is 0 Å². The molecule has 1 N–H and O–H groups in total. The largest absolute Gasteiger partial charge is 0.484 e. The molecular weight excluding hydrogens is 563 g/mol. The minimum Gasteiger partial charge on any atom is -0.484 e. The molecule has 1 heterocycles. The van der Waals surface area contributed by atoms with Gasteiger partial charge in [0, 0.05) is 9.26 Å². The van der Waals surface area contributed by atoms with Gasteiger partial charge in [0.15, 0.2) is 6.61 Å². The number of carbonyl (C=O) groups excluding carboxylic acids is 3. The van der Waals surface area contributed by atoms with Gasteiger partial charge in [-0.3, -0.25) is 19.3 Å². The van der Waals surface area contributed by atoms with Crippen LogP contribution in [0.3, 0.4) is 0 Å². The Kier molecular flexibility index (Phi) is 7.69. The Hall–Kier alpha value is -3.11. The fraction of sp³-hybridized carbons (Fsp3) is 0.115. The number of halogens is 1. The molecule has 0 aliphatic carbocycles. The van der Waals surface area contributed by atoms with Gasteiger partial charge in [-0.05, 0) is 100 Å². The van der Waals surface area contributed by atoms with Gasteiger partial charge in [0.05, 0.1) is 11.4 Å². The van der Waals surface area contributed by atoms with Crippen molar-refractivity contribution in [3.05, 3.63) is 98.0 Å². The molecule has 8 heteroatoms. The lowest BCUT2D eigenvalue weighted by molar-refractivity contribution is -0.123. The molecule has 0 aromatic heterocycles. The van der Waals surface area contributed by atoms with Gasteiger partial charge in [-0.15, -0.1) is 0 Å². The summed E-state index contributed by atoms with van der Waals surface area (Å²) >= 11 is 3.14. The molecule has 0 saturated carbocycles. The van der Waals surface area contributed by atoms with Crippen LogP contribution in [0.1, 0.15) is 16.7 Å². The average Bonchev–Trinajstić information content (AvgIpc) is 3.07. The predicted octanol–water partition coefficient (Wildman–Crippen LogP) is 5.85. The Bertz CT molecular complexity index is 1260. The Labute approximate surface area is 215 Å². The third kappa shape index (κ3) is 6.27. The number of nitrogens with one attached hydrogen (secondary N) is 1. The molecule has 1 aliphatic rings. The Morgan fingerprint density at radius 3 is 2.50 bits per heavy atom. The Balaban J connectivity index is 1.33. The zero-order valence-corrected chi connectivity index (χ0v) is 21.3. The second-order valence-corrected chi connectivity index (χ2v) is 9.91. The van der Waals surface area contributed by atoms with Crippen molar-refractivity contribution in [2.24, 2.45) is 0 Å². The minimum absolute atomic E-state index is 0.120. The zero-order valence-electron chi connectivity index (χ0n) is 18.3. The van der Waals surface area contributed by atoms with E-state index in [4.69, 9.17) is 4.74 Å². The van der Waals surface area contributed by atoms with E-state index < -0.39 is 0 Å². The molecule has 0 atom stereocenters. The highest BCUT2D eigenvalue weighted by Gasteiger charge is 2.34. The van der Waals surface area contributed by atoms with Gasteiger partial charge in [-0.25, -0.2) is 0 Å². The zero-order chi connectivity index (χ0) is 24.1. The third-order valence-electron chi connectivity index (χ3n) is 4.98. The first-order chi connectivity index (χ1) is 16.4. The highest BCUT2D eigenvalue weighted by atomic mass is 127. The maximum Gasteiger partial charge on any atom is 0.293 e. The summed E-state index contributed by atoms with van der Waals surface area (Å²) in [6.07, 6.45) is 1.69. The van der Waals surface area contributed by atoms with Gasteiger partial charge in [-0.2, -0.15) is 0 Å². The van der Waals surface area contributed by atoms with Crippen LogP contribution in [0.15, 0.2) is 77.7 Å². The predicted molar refractivity (Wildman–Crippen MR) is 142 cm³/mol. The highest BCUT2D eigenvalue weighted by Crippen LogP contribution is 2.33. The molecule has 1 aliphatic heterocycles. The van der Waals surface area contributed by atoms with Crippen LogP contribution in [-0.2, 0) is 16.1 Å². The molecule has 172 valence electrons. The molecule has 0 radical (unpaired) electrons. The van der Waals surface area contributed by atoms with Crippen molar-refractivity contribution in [3.63, 3.8) is 0 Å². The maximum atomic E-state index is 12.8. The average molecular weight is 584 g/mol. The summed E-state index contributed by atoms with van der Waals surface area (Å²) < 4.78 is 6.65. The topological polar surface area (TPSA) is 75.7 Å². The van der Waals surface area contributed by atoms with E-state index in [0.717, 1.165) is 37.7 Å². The van der Waals surface area contributed by atoms with Crippen molar-refractivity contribution in [3.8, 4) is 5.75 Å². The Morgan fingerprint density at radius 2 is 1.79 bits per heavy atom. The summed E-state index contributed by atoms with van der Waals surface area (Å²) in [7, 11) is 0. The van der Waals surface area contributed by atoms with Crippen LogP contribution in [0.5, 0.6) is 5.75 Å². The first-order valence-corrected chi connectivity index (χ1v) is 12.4. The molecule has 4 rings (SSSR count). The number of anilines is 1. The summed E-state index contributed by atoms with van der Waals surface area (Å²) in [5.74, 6) is -0.0264. The van der Waals surface area contributed by atoms with Crippen LogP contribution in [0.2, 0.25) is 0 Å². The Morgan fingerprint density at radius 1 is 1.06 bits per heavy atom. The number of thioether (sulfide) groups is 1. The van der Waals surface area contributed by atoms with E-state index in [-0.39, 0.29) is 30.2 Å². The molecule has 3 aromatic rings. The van der Waals surface area contributed by atoms with Gasteiger partial charge in [0.1, 0.15) is 5.75 Å². The van der Waals surface area contributed by atoms with Crippen LogP contribution in [0, 0.1) is 10.5 Å². The van der Waals surface area contributed by atoms with Crippen molar-refractivity contribution in [2.75, 3.05) is 11.9 Å². The van der Waals surface area contributed by atoms with Crippen LogP contribution in [0.25, 0.3) is 6.08 Å². The van der Waals surface area contributed by atoms with E-state index in [9.17, 15) is 14.4 Å². The first kappa shape index (κ1) is 24.0. The second kappa shape index (κ2) is 10.9. The monoisotopic (exact) mass is 584 g/mol. The SMILES string of the molecule is Cc1cccc(NC(=O)COc2ccc(/C=C3/SC(=O)N(Cc4ccc(I)cc4)C3=O)cc2)c1. The lowest BCUT2D eigenvalue weighted by Gasteiger charge is -2.12. The number of benzene rings is 3. The molecule has 0 unspecified atom stereocenters. The summed E-state index contributed by atoms with van der Waals surface area (Å²) in [5, 5.41) is 2.51. The summed E-state index contributed by atoms with van der Waals surface area (Å²) in [6.45, 7) is 2.08. The minimum atomic E-state index is -0.304. The molecule has 0 bridgehead atoms. The molecule has 34 heavy (non-hydrogen) atoms. The number of nitrogens with zero attached hydrogens (tertiary/aromatic N) is 1. The molecule has 6 nitrogen and oxygen atoms in total. The van der Waals surface area contributed by atoms with Crippen LogP contribution in [-0.4, -0.2) is 28.6 Å². The summed E-state index contributed by atoms with van der Waals surface area (Å²) in [4.78, 5) is 38.9. The molecule has 1 saturated heterocycles. The third-order valence-corrected chi connectivity index (χ3v) is 6.60. The number of amides is 3. The molecule has 3 aromatic carbocycles. The summed E-state index contributed by atoms with van der Waals surface area (Å²) in [5.41, 5.74) is 3.44. The first-order valence-electron chi connectivity index (χ1n) is 10.5. The number of rotatable bonds is 7. The van der Waals surface area contributed by atoms with E-state index >= 15 is 0 Å². The molecule has 0 spiro atoms.